The van der Waals surface area contributed by atoms with Crippen molar-refractivity contribution in [2.24, 2.45) is 12.8 Å². The number of ether oxygens (including phenoxy) is 1. The number of aromatic nitrogens is 2. The number of anilines is 1. The molecule has 5 N–H and O–H groups in total. The fourth-order valence-corrected chi connectivity index (χ4v) is 1.91. The summed E-state index contributed by atoms with van der Waals surface area (Å²) in [7, 11) is -1.71. The van der Waals surface area contributed by atoms with Gasteiger partial charge in [0.2, 0.25) is 0 Å². The van der Waals surface area contributed by atoms with Crippen molar-refractivity contribution in [1.82, 2.24) is 14.5 Å². The van der Waals surface area contributed by atoms with Crippen LogP contribution in [0.3, 0.4) is 0 Å². The van der Waals surface area contributed by atoms with Crippen molar-refractivity contribution in [3.05, 3.63) is 11.8 Å². The fourth-order valence-electron chi connectivity index (χ4n) is 1.06. The van der Waals surface area contributed by atoms with E-state index in [9.17, 15) is 13.2 Å². The molecule has 1 amide bonds. The molecule has 0 aliphatic rings. The average molecular weight is 276 g/mol. The highest BCUT2D eigenvalue weighted by molar-refractivity contribution is 7.91. The normalized spacial score (nSPS) is 10.8. The number of hydrogen-bond acceptors (Lipinski definition) is 6. The molecule has 18 heavy (non-hydrogen) atoms. The Bertz CT molecular complexity index is 577. The summed E-state index contributed by atoms with van der Waals surface area (Å²) in [6.07, 6.45) is 0.0762. The summed E-state index contributed by atoms with van der Waals surface area (Å²) in [5, 5.41) is 11.0. The van der Waals surface area contributed by atoms with E-state index in [-0.39, 0.29) is 17.2 Å². The molecule has 0 saturated carbocycles. The number of nitrogens with one attached hydrogen (secondary N) is 3. The van der Waals surface area contributed by atoms with Crippen molar-refractivity contribution in [2.75, 3.05) is 11.8 Å². The SMILES string of the molecule is COC(=O)NS(=O)(=O)Nc1c(C(=N)N)cnn1C. The first-order chi connectivity index (χ1) is 8.26. The second-order valence-electron chi connectivity index (χ2n) is 3.14. The van der Waals surface area contributed by atoms with Gasteiger partial charge in [-0.3, -0.25) is 10.1 Å². The molecule has 11 heteroatoms. The second-order valence-corrected chi connectivity index (χ2v) is 4.56. The molecule has 1 aromatic heterocycles. The summed E-state index contributed by atoms with van der Waals surface area (Å²) in [6.45, 7) is 0. The molecule has 0 aliphatic heterocycles. The van der Waals surface area contributed by atoms with Crippen LogP contribution in [0.4, 0.5) is 10.6 Å². The Balaban J connectivity index is 3.01. The Morgan fingerprint density at radius 3 is 2.72 bits per heavy atom. The molecular weight excluding hydrogens is 264 g/mol. The van der Waals surface area contributed by atoms with E-state index in [4.69, 9.17) is 11.1 Å². The smallest absolute Gasteiger partial charge is 0.422 e. The molecule has 0 aromatic carbocycles. The number of carbonyl (C=O) groups excluding carboxylic acids is 1. The standard InChI is InChI=1S/C7H12N6O4S/c1-13-6(4(3-10-13)5(8)9)11-18(15,16)12-7(14)17-2/h3,11H,1-2H3,(H3,8,9)(H,12,14). The average Bonchev–Trinajstić information content (AvgIpc) is 2.59. The molecule has 0 spiro atoms. The van der Waals surface area contributed by atoms with Crippen LogP contribution in [0.2, 0.25) is 0 Å². The van der Waals surface area contributed by atoms with Crippen LogP contribution >= 0.6 is 0 Å². The zero-order valence-corrected chi connectivity index (χ0v) is 10.4. The lowest BCUT2D eigenvalue weighted by atomic mass is 10.3. The topological polar surface area (TPSA) is 152 Å². The van der Waals surface area contributed by atoms with E-state index in [1.54, 1.807) is 4.72 Å². The Hall–Kier alpha value is -2.30. The summed E-state index contributed by atoms with van der Waals surface area (Å²) in [6, 6.07) is 0. The minimum atomic E-state index is -4.18. The van der Waals surface area contributed by atoms with Gasteiger partial charge < -0.3 is 10.5 Å². The van der Waals surface area contributed by atoms with E-state index in [1.807, 2.05) is 4.72 Å². The first-order valence-electron chi connectivity index (χ1n) is 4.51. The Labute approximate surface area is 103 Å². The minimum absolute atomic E-state index is 0.0427. The second kappa shape index (κ2) is 4.91. The highest BCUT2D eigenvalue weighted by Crippen LogP contribution is 2.14. The maximum Gasteiger partial charge on any atom is 0.422 e. The molecule has 0 bridgehead atoms. The van der Waals surface area contributed by atoms with E-state index >= 15 is 0 Å². The molecule has 0 fully saturated rings. The number of hydrogen-bond donors (Lipinski definition) is 4. The Morgan fingerprint density at radius 2 is 2.22 bits per heavy atom. The molecule has 0 saturated heterocycles. The summed E-state index contributed by atoms with van der Waals surface area (Å²) >= 11 is 0. The van der Waals surface area contributed by atoms with Gasteiger partial charge in [0, 0.05) is 7.05 Å². The number of rotatable bonds is 4. The molecule has 0 unspecified atom stereocenters. The van der Waals surface area contributed by atoms with Crippen LogP contribution in [0.1, 0.15) is 5.56 Å². The molecule has 1 heterocycles. The van der Waals surface area contributed by atoms with Gasteiger partial charge in [-0.25, -0.2) is 14.2 Å². The van der Waals surface area contributed by atoms with Crippen LogP contribution in [0.5, 0.6) is 0 Å². The number of nitrogen functional groups attached to an aromatic ring is 1. The minimum Gasteiger partial charge on any atom is -0.452 e. The van der Waals surface area contributed by atoms with Crippen LogP contribution < -0.4 is 15.2 Å². The van der Waals surface area contributed by atoms with Gasteiger partial charge in [-0.15, -0.1) is 0 Å². The van der Waals surface area contributed by atoms with Gasteiger partial charge in [0.25, 0.3) is 0 Å². The zero-order valence-electron chi connectivity index (χ0n) is 9.59. The van der Waals surface area contributed by atoms with Gasteiger partial charge in [-0.1, -0.05) is 0 Å². The molecule has 1 aromatic rings. The van der Waals surface area contributed by atoms with Crippen molar-refractivity contribution in [3.8, 4) is 0 Å². The number of amides is 1. The van der Waals surface area contributed by atoms with E-state index in [1.165, 1.54) is 13.2 Å². The highest BCUT2D eigenvalue weighted by atomic mass is 32.2. The lowest BCUT2D eigenvalue weighted by Gasteiger charge is -2.10. The molecule has 0 radical (unpaired) electrons. The number of nitrogens with zero attached hydrogens (tertiary/aromatic N) is 2. The fraction of sp³-hybridized carbons (Fsp3) is 0.286. The lowest BCUT2D eigenvalue weighted by molar-refractivity contribution is 0.177. The molecule has 0 aliphatic carbocycles. The van der Waals surface area contributed by atoms with E-state index < -0.39 is 16.3 Å². The van der Waals surface area contributed by atoms with Crippen LogP contribution in [0.25, 0.3) is 0 Å². The molecule has 10 nitrogen and oxygen atoms in total. The van der Waals surface area contributed by atoms with Crippen molar-refractivity contribution < 1.29 is 17.9 Å². The first-order valence-corrected chi connectivity index (χ1v) is 6.00. The van der Waals surface area contributed by atoms with E-state index in [0.717, 1.165) is 11.8 Å². The highest BCUT2D eigenvalue weighted by Gasteiger charge is 2.20. The Morgan fingerprint density at radius 1 is 1.61 bits per heavy atom. The maximum absolute atomic E-state index is 11.5. The monoisotopic (exact) mass is 276 g/mol. The lowest BCUT2D eigenvalue weighted by Crippen LogP contribution is -2.36. The maximum atomic E-state index is 11.5. The van der Waals surface area contributed by atoms with E-state index in [2.05, 4.69) is 9.84 Å². The van der Waals surface area contributed by atoms with Gasteiger partial charge in [0.05, 0.1) is 18.9 Å². The Kier molecular flexibility index (Phi) is 3.76. The largest absolute Gasteiger partial charge is 0.452 e. The molecular formula is C7H12N6O4S. The van der Waals surface area contributed by atoms with E-state index in [0.29, 0.717) is 0 Å². The van der Waals surface area contributed by atoms with Crippen LogP contribution in [0, 0.1) is 5.41 Å². The van der Waals surface area contributed by atoms with Crippen molar-refractivity contribution in [3.63, 3.8) is 0 Å². The predicted octanol–water partition coefficient (Wildman–Crippen LogP) is -1.28. The summed E-state index contributed by atoms with van der Waals surface area (Å²) < 4.78 is 32.0. The van der Waals surface area contributed by atoms with Gasteiger partial charge in [-0.05, 0) is 0 Å². The number of aryl methyl sites for hydroxylation is 1. The van der Waals surface area contributed by atoms with Crippen LogP contribution in [-0.4, -0.2) is 37.2 Å². The quantitative estimate of drug-likeness (QED) is 0.397. The number of methoxy groups -OCH3 is 1. The number of carbonyl (C=O) groups is 1. The molecule has 1 rings (SSSR count). The third-order valence-electron chi connectivity index (χ3n) is 1.86. The molecule has 0 atom stereocenters. The molecule has 100 valence electrons. The van der Waals surface area contributed by atoms with Crippen LogP contribution in [0.15, 0.2) is 6.20 Å². The third kappa shape index (κ3) is 3.10. The number of nitrogens with two attached hydrogens (primary N) is 1. The van der Waals surface area contributed by atoms with Crippen molar-refractivity contribution >= 4 is 28.0 Å². The predicted molar refractivity (Wildman–Crippen MR) is 62.3 cm³/mol. The van der Waals surface area contributed by atoms with Gasteiger partial charge in [0.1, 0.15) is 11.7 Å². The summed E-state index contributed by atoms with van der Waals surface area (Å²) in [4.78, 5) is 10.8. The van der Waals surface area contributed by atoms with Gasteiger partial charge >= 0.3 is 16.3 Å². The summed E-state index contributed by atoms with van der Waals surface area (Å²) in [5.74, 6) is -0.405. The van der Waals surface area contributed by atoms with Crippen molar-refractivity contribution in [1.29, 1.82) is 5.41 Å². The third-order valence-corrected chi connectivity index (χ3v) is 2.76. The van der Waals surface area contributed by atoms with Gasteiger partial charge in [-0.2, -0.15) is 13.5 Å². The summed E-state index contributed by atoms with van der Waals surface area (Å²) in [5.41, 5.74) is 5.35. The first kappa shape index (κ1) is 13.8. The van der Waals surface area contributed by atoms with Crippen molar-refractivity contribution in [2.45, 2.75) is 0 Å². The number of amidine groups is 1. The van der Waals surface area contributed by atoms with Gasteiger partial charge in [0.15, 0.2) is 0 Å². The van der Waals surface area contributed by atoms with Crippen LogP contribution in [-0.2, 0) is 22.0 Å². The zero-order chi connectivity index (χ0) is 13.9.